The topological polar surface area (TPSA) is 119 Å². The van der Waals surface area contributed by atoms with Crippen molar-refractivity contribution in [1.29, 1.82) is 0 Å². The summed E-state index contributed by atoms with van der Waals surface area (Å²) in [5, 5.41) is 13.2. The number of hydrogen-bond acceptors (Lipinski definition) is 7. The summed E-state index contributed by atoms with van der Waals surface area (Å²) in [7, 11) is 0. The number of nitrogens with zero attached hydrogens (tertiary/aromatic N) is 2. The standard InChI is InChI=1S/C27H23N3O6S/c1-17-3-4-18(2)23(13-17)28-25(31)16-36-22-11-7-19(8-12-22)14-24-26(32)29(27(33)37-24)15-20-5-9-21(10-6-20)30(34)35/h3-14H,15-16H2,1-2H3,(H,28,31)/b24-14-. The van der Waals surface area contributed by atoms with E-state index >= 15 is 0 Å². The van der Waals surface area contributed by atoms with E-state index in [1.54, 1.807) is 30.3 Å². The van der Waals surface area contributed by atoms with E-state index in [1.165, 1.54) is 24.3 Å². The Morgan fingerprint density at radius 3 is 2.43 bits per heavy atom. The molecule has 0 unspecified atom stereocenters. The van der Waals surface area contributed by atoms with Crippen molar-refractivity contribution in [1.82, 2.24) is 4.90 Å². The van der Waals surface area contributed by atoms with Gasteiger partial charge >= 0.3 is 0 Å². The molecule has 0 saturated carbocycles. The van der Waals surface area contributed by atoms with Gasteiger partial charge in [0.25, 0.3) is 22.7 Å². The van der Waals surface area contributed by atoms with Gasteiger partial charge in [-0.3, -0.25) is 29.4 Å². The summed E-state index contributed by atoms with van der Waals surface area (Å²) in [6, 6.07) is 18.3. The van der Waals surface area contributed by atoms with Crippen molar-refractivity contribution in [2.75, 3.05) is 11.9 Å². The second-order valence-electron chi connectivity index (χ2n) is 8.42. The average Bonchev–Trinajstić information content (AvgIpc) is 3.13. The van der Waals surface area contributed by atoms with E-state index in [9.17, 15) is 24.5 Å². The molecule has 0 radical (unpaired) electrons. The molecule has 1 fully saturated rings. The fourth-order valence-electron chi connectivity index (χ4n) is 3.56. The van der Waals surface area contributed by atoms with E-state index in [0.717, 1.165) is 33.5 Å². The number of amides is 3. The number of nitrogens with one attached hydrogen (secondary N) is 1. The molecule has 0 spiro atoms. The first-order chi connectivity index (χ1) is 17.7. The van der Waals surface area contributed by atoms with Gasteiger partial charge in [0.15, 0.2) is 6.61 Å². The third kappa shape index (κ3) is 6.42. The number of imide groups is 1. The van der Waals surface area contributed by atoms with Crippen LogP contribution < -0.4 is 10.1 Å². The highest BCUT2D eigenvalue weighted by atomic mass is 32.2. The Kier molecular flexibility index (Phi) is 7.69. The van der Waals surface area contributed by atoms with Crippen molar-refractivity contribution in [3.05, 3.63) is 104 Å². The number of thioether (sulfide) groups is 1. The number of ether oxygens (including phenoxy) is 1. The molecule has 9 nitrogen and oxygen atoms in total. The minimum atomic E-state index is -0.510. The summed E-state index contributed by atoms with van der Waals surface area (Å²) >= 11 is 0.831. The summed E-state index contributed by atoms with van der Waals surface area (Å²) in [6.07, 6.45) is 1.61. The van der Waals surface area contributed by atoms with Crippen LogP contribution in [0.1, 0.15) is 22.3 Å². The molecule has 37 heavy (non-hydrogen) atoms. The fourth-order valence-corrected chi connectivity index (χ4v) is 4.40. The maximum Gasteiger partial charge on any atom is 0.293 e. The van der Waals surface area contributed by atoms with Gasteiger partial charge in [0.05, 0.1) is 16.4 Å². The number of nitro groups is 1. The molecular weight excluding hydrogens is 494 g/mol. The largest absolute Gasteiger partial charge is 0.484 e. The molecule has 3 aromatic carbocycles. The SMILES string of the molecule is Cc1ccc(C)c(NC(=O)COc2ccc(/C=C3\SC(=O)N(Cc4ccc([N+](=O)[O-])cc4)C3=O)cc2)c1. The predicted octanol–water partition coefficient (Wildman–Crippen LogP) is 5.47. The van der Waals surface area contributed by atoms with Gasteiger partial charge in [-0.2, -0.15) is 0 Å². The second-order valence-corrected chi connectivity index (χ2v) is 9.41. The van der Waals surface area contributed by atoms with Crippen LogP contribution >= 0.6 is 11.8 Å². The van der Waals surface area contributed by atoms with Crippen LogP contribution in [0.3, 0.4) is 0 Å². The normalized spacial score (nSPS) is 14.2. The van der Waals surface area contributed by atoms with Crippen LogP contribution in [0.4, 0.5) is 16.2 Å². The van der Waals surface area contributed by atoms with Gasteiger partial charge in [0, 0.05) is 17.8 Å². The van der Waals surface area contributed by atoms with Gasteiger partial charge in [-0.25, -0.2) is 0 Å². The maximum atomic E-state index is 12.8. The van der Waals surface area contributed by atoms with Crippen molar-refractivity contribution >= 4 is 46.3 Å². The molecule has 3 amide bonds. The molecule has 1 heterocycles. The Morgan fingerprint density at radius 1 is 1.05 bits per heavy atom. The van der Waals surface area contributed by atoms with Gasteiger partial charge in [-0.1, -0.05) is 36.4 Å². The number of nitro benzene ring substituents is 1. The van der Waals surface area contributed by atoms with Gasteiger partial charge in [0.2, 0.25) is 0 Å². The van der Waals surface area contributed by atoms with Crippen LogP contribution in [0.2, 0.25) is 0 Å². The molecule has 0 aromatic heterocycles. The number of rotatable bonds is 8. The Morgan fingerprint density at radius 2 is 1.76 bits per heavy atom. The van der Waals surface area contributed by atoms with E-state index in [2.05, 4.69) is 5.32 Å². The highest BCUT2D eigenvalue weighted by Crippen LogP contribution is 2.33. The predicted molar refractivity (Wildman–Crippen MR) is 141 cm³/mol. The summed E-state index contributed by atoms with van der Waals surface area (Å²) in [6.45, 7) is 3.73. The second kappa shape index (κ2) is 11.1. The molecule has 3 aromatic rings. The third-order valence-corrected chi connectivity index (χ3v) is 6.48. The number of carbonyl (C=O) groups is 3. The Balaban J connectivity index is 1.34. The van der Waals surface area contributed by atoms with E-state index in [-0.39, 0.29) is 29.7 Å². The first-order valence-electron chi connectivity index (χ1n) is 11.3. The molecule has 1 aliphatic heterocycles. The highest BCUT2D eigenvalue weighted by Gasteiger charge is 2.35. The third-order valence-electron chi connectivity index (χ3n) is 5.58. The highest BCUT2D eigenvalue weighted by molar-refractivity contribution is 8.18. The van der Waals surface area contributed by atoms with E-state index in [1.807, 2.05) is 32.0 Å². The monoisotopic (exact) mass is 517 g/mol. The average molecular weight is 518 g/mol. The summed E-state index contributed by atoms with van der Waals surface area (Å²) < 4.78 is 5.57. The molecular formula is C27H23N3O6S. The van der Waals surface area contributed by atoms with Gasteiger partial charge in [-0.05, 0) is 72.1 Å². The van der Waals surface area contributed by atoms with Gasteiger partial charge in [-0.15, -0.1) is 0 Å². The lowest BCUT2D eigenvalue weighted by molar-refractivity contribution is -0.384. The smallest absolute Gasteiger partial charge is 0.293 e. The number of hydrogen-bond donors (Lipinski definition) is 1. The molecule has 0 bridgehead atoms. The summed E-state index contributed by atoms with van der Waals surface area (Å²) in [5.41, 5.74) is 3.98. The minimum Gasteiger partial charge on any atom is -0.484 e. The van der Waals surface area contributed by atoms with Crippen LogP contribution in [0, 0.1) is 24.0 Å². The van der Waals surface area contributed by atoms with E-state index < -0.39 is 16.1 Å². The van der Waals surface area contributed by atoms with Crippen LogP contribution in [0.25, 0.3) is 6.08 Å². The molecule has 1 aliphatic rings. The number of carbonyl (C=O) groups excluding carboxylic acids is 3. The van der Waals surface area contributed by atoms with Crippen LogP contribution in [-0.2, 0) is 16.1 Å². The Labute approximate surface area is 217 Å². The van der Waals surface area contributed by atoms with Gasteiger partial charge in [0.1, 0.15) is 5.75 Å². The van der Waals surface area contributed by atoms with Crippen molar-refractivity contribution in [2.24, 2.45) is 0 Å². The number of non-ortho nitro benzene ring substituents is 1. The van der Waals surface area contributed by atoms with Crippen molar-refractivity contribution in [3.8, 4) is 5.75 Å². The fraction of sp³-hybridized carbons (Fsp3) is 0.148. The van der Waals surface area contributed by atoms with Crippen LogP contribution in [0.5, 0.6) is 5.75 Å². The van der Waals surface area contributed by atoms with Crippen LogP contribution in [-0.4, -0.2) is 33.5 Å². The number of anilines is 1. The molecule has 1 saturated heterocycles. The van der Waals surface area contributed by atoms with Crippen LogP contribution in [0.15, 0.2) is 71.6 Å². The van der Waals surface area contributed by atoms with Crippen molar-refractivity contribution in [3.63, 3.8) is 0 Å². The molecule has 0 aliphatic carbocycles. The molecule has 0 atom stereocenters. The number of benzene rings is 3. The minimum absolute atomic E-state index is 0.0247. The zero-order valence-corrected chi connectivity index (χ0v) is 20.9. The zero-order chi connectivity index (χ0) is 26.5. The van der Waals surface area contributed by atoms with Crippen molar-refractivity contribution < 1.29 is 24.0 Å². The summed E-state index contributed by atoms with van der Waals surface area (Å²) in [5.74, 6) is -0.226. The Hall–Kier alpha value is -4.44. The lowest BCUT2D eigenvalue weighted by Crippen LogP contribution is -2.27. The zero-order valence-electron chi connectivity index (χ0n) is 20.1. The van der Waals surface area contributed by atoms with E-state index in [4.69, 9.17) is 4.74 Å². The number of aryl methyl sites for hydroxylation is 2. The molecule has 10 heteroatoms. The van der Waals surface area contributed by atoms with Crippen molar-refractivity contribution in [2.45, 2.75) is 20.4 Å². The van der Waals surface area contributed by atoms with E-state index in [0.29, 0.717) is 16.9 Å². The quantitative estimate of drug-likeness (QED) is 0.239. The summed E-state index contributed by atoms with van der Waals surface area (Å²) in [4.78, 5) is 49.1. The maximum absolute atomic E-state index is 12.8. The first-order valence-corrected chi connectivity index (χ1v) is 12.1. The first kappa shape index (κ1) is 25.6. The Bertz CT molecular complexity index is 1400. The lowest BCUT2D eigenvalue weighted by atomic mass is 10.1. The molecule has 1 N–H and O–H groups in total. The van der Waals surface area contributed by atoms with Gasteiger partial charge < -0.3 is 10.1 Å². The lowest BCUT2D eigenvalue weighted by Gasteiger charge is -2.12. The molecule has 188 valence electrons. The molecule has 4 rings (SSSR count).